The molecule has 0 amide bonds. The first-order valence-electron chi connectivity index (χ1n) is 7.97. The molecule has 2 aromatic rings. The van der Waals surface area contributed by atoms with E-state index < -0.39 is 18.4 Å². The molecule has 0 unspecified atom stereocenters. The summed E-state index contributed by atoms with van der Waals surface area (Å²) in [7, 11) is 6.12. The Morgan fingerprint density at radius 1 is 1.20 bits per heavy atom. The molecular weight excluding hydrogens is 344 g/mol. The maximum atomic E-state index is 11.4. The van der Waals surface area contributed by atoms with E-state index in [2.05, 4.69) is 21.6 Å². The van der Waals surface area contributed by atoms with Crippen LogP contribution >= 0.6 is 12.4 Å². The monoisotopic (exact) mass is 368 g/mol. The number of benzene rings is 1. The first-order valence-corrected chi connectivity index (χ1v) is 7.97. The van der Waals surface area contributed by atoms with Crippen molar-refractivity contribution in [1.29, 1.82) is 0 Å². The van der Waals surface area contributed by atoms with E-state index in [1.807, 2.05) is 33.3 Å². The number of carboxylic acid groups (broad SMARTS) is 1. The third-order valence-electron chi connectivity index (χ3n) is 4.05. The first-order chi connectivity index (χ1) is 11.4. The number of fused-ring (bicyclic) bond motifs is 1. The molecule has 0 bridgehead atoms. The van der Waals surface area contributed by atoms with Gasteiger partial charge in [-0.1, -0.05) is 18.2 Å². The number of ether oxygens (including phenoxy) is 1. The van der Waals surface area contributed by atoms with Crippen molar-refractivity contribution in [3.8, 4) is 0 Å². The number of hydrogen-bond acceptors (Lipinski definition) is 4. The predicted molar refractivity (Wildman–Crippen MR) is 99.3 cm³/mol. The molecule has 1 heterocycles. The molecule has 1 N–H and O–H groups in total. The van der Waals surface area contributed by atoms with Gasteiger partial charge >= 0.3 is 11.9 Å². The average molecular weight is 369 g/mol. The summed E-state index contributed by atoms with van der Waals surface area (Å²) in [6.07, 6.45) is 0.884. The fourth-order valence-corrected chi connectivity index (χ4v) is 2.89. The van der Waals surface area contributed by atoms with E-state index in [0.29, 0.717) is 6.42 Å². The number of carbonyl (C=O) groups excluding carboxylic acids is 1. The normalized spacial score (nSPS) is 10.7. The van der Waals surface area contributed by atoms with Crippen LogP contribution in [0.25, 0.3) is 10.9 Å². The highest BCUT2D eigenvalue weighted by molar-refractivity contribution is 5.90. The van der Waals surface area contributed by atoms with Gasteiger partial charge in [0.25, 0.3) is 0 Å². The number of halogens is 1. The van der Waals surface area contributed by atoms with Gasteiger partial charge in [0.05, 0.1) is 6.61 Å². The highest BCUT2D eigenvalue weighted by Gasteiger charge is 2.16. The van der Waals surface area contributed by atoms with Crippen LogP contribution in [-0.2, 0) is 34.2 Å². The quantitative estimate of drug-likeness (QED) is 0.571. The van der Waals surface area contributed by atoms with Crippen molar-refractivity contribution < 1.29 is 19.4 Å². The number of likely N-dealkylation sites (N-methyl/N-ethyl adjacent to an activating group) is 1. The van der Waals surface area contributed by atoms with Crippen LogP contribution < -0.4 is 0 Å². The molecular formula is C18H25ClN2O4. The molecule has 0 fully saturated rings. The Labute approximate surface area is 153 Å². The molecule has 0 radical (unpaired) electrons. The number of carbonyl (C=O) groups is 2. The molecule has 25 heavy (non-hydrogen) atoms. The summed E-state index contributed by atoms with van der Waals surface area (Å²) >= 11 is 0. The summed E-state index contributed by atoms with van der Waals surface area (Å²) in [5, 5.41) is 9.76. The summed E-state index contributed by atoms with van der Waals surface area (Å²) < 4.78 is 7.24. The Morgan fingerprint density at radius 3 is 2.52 bits per heavy atom. The molecule has 1 aromatic heterocycles. The van der Waals surface area contributed by atoms with Gasteiger partial charge in [-0.3, -0.25) is 9.59 Å². The lowest BCUT2D eigenvalue weighted by Gasteiger charge is -2.12. The molecule has 0 saturated carbocycles. The van der Waals surface area contributed by atoms with E-state index in [0.717, 1.165) is 29.4 Å². The second-order valence-electron chi connectivity index (χ2n) is 6.10. The molecule has 0 spiro atoms. The lowest BCUT2D eigenvalue weighted by molar-refractivity contribution is -0.151. The third-order valence-corrected chi connectivity index (χ3v) is 4.05. The molecule has 2 rings (SSSR count). The van der Waals surface area contributed by atoms with Gasteiger partial charge in [-0.25, -0.2) is 0 Å². The topological polar surface area (TPSA) is 71.8 Å². The first kappa shape index (κ1) is 21.0. The van der Waals surface area contributed by atoms with Crippen molar-refractivity contribution >= 4 is 35.2 Å². The van der Waals surface area contributed by atoms with E-state index >= 15 is 0 Å². The van der Waals surface area contributed by atoms with Crippen molar-refractivity contribution in [3.63, 3.8) is 0 Å². The highest BCUT2D eigenvalue weighted by atomic mass is 35.5. The number of rotatable bonds is 8. The van der Waals surface area contributed by atoms with Gasteiger partial charge in [0.15, 0.2) is 0 Å². The smallest absolute Gasteiger partial charge is 0.317 e. The van der Waals surface area contributed by atoms with Crippen LogP contribution in [0.4, 0.5) is 0 Å². The summed E-state index contributed by atoms with van der Waals surface area (Å²) in [6, 6.07) is 8.16. The molecule has 0 aliphatic heterocycles. The van der Waals surface area contributed by atoms with Gasteiger partial charge in [0.2, 0.25) is 0 Å². The molecule has 7 heteroatoms. The minimum atomic E-state index is -1.17. The van der Waals surface area contributed by atoms with Gasteiger partial charge in [-0.15, -0.1) is 12.4 Å². The summed E-state index contributed by atoms with van der Waals surface area (Å²) in [4.78, 5) is 24.0. The van der Waals surface area contributed by atoms with Crippen LogP contribution in [-0.4, -0.2) is 53.8 Å². The molecule has 0 saturated heterocycles. The number of hydrogen-bond donors (Lipinski definition) is 1. The standard InChI is InChI=1S/C18H24N2O4.ClH/c1-19(2)10-8-16-14(9-11-24-18(23)12-17(21)22)13-6-4-5-7-15(13)20(16)3;/h4-7H,8-12H2,1-3H3,(H,21,22);1H. The number of aliphatic carboxylic acids is 1. The SMILES string of the molecule is CN(C)CCc1c(CCOC(=O)CC(=O)O)c2ccccc2n1C.Cl. The molecule has 138 valence electrons. The zero-order chi connectivity index (χ0) is 17.7. The van der Waals surface area contributed by atoms with E-state index in [1.165, 1.54) is 5.69 Å². The van der Waals surface area contributed by atoms with Crippen LogP contribution in [0.5, 0.6) is 0 Å². The van der Waals surface area contributed by atoms with Crippen molar-refractivity contribution in [2.75, 3.05) is 27.2 Å². The van der Waals surface area contributed by atoms with Gasteiger partial charge in [0.1, 0.15) is 6.42 Å². The highest BCUT2D eigenvalue weighted by Crippen LogP contribution is 2.26. The van der Waals surface area contributed by atoms with Gasteiger partial charge in [-0.05, 0) is 25.7 Å². The number of nitrogens with zero attached hydrogens (tertiary/aromatic N) is 2. The van der Waals surface area contributed by atoms with Gasteiger partial charge in [0, 0.05) is 43.0 Å². The van der Waals surface area contributed by atoms with Crippen LogP contribution in [0.15, 0.2) is 24.3 Å². The van der Waals surface area contributed by atoms with E-state index in [9.17, 15) is 9.59 Å². The van der Waals surface area contributed by atoms with Crippen LogP contribution in [0, 0.1) is 0 Å². The number of esters is 1. The summed E-state index contributed by atoms with van der Waals surface area (Å²) in [6.45, 7) is 1.12. The Bertz CT molecular complexity index is 740. The second-order valence-corrected chi connectivity index (χ2v) is 6.10. The van der Waals surface area contributed by atoms with Crippen molar-refractivity contribution in [2.45, 2.75) is 19.3 Å². The summed E-state index contributed by atoms with van der Waals surface area (Å²) in [5.74, 6) is -1.87. The Balaban J connectivity index is 0.00000312. The Kier molecular flexibility index (Phi) is 7.93. The lowest BCUT2D eigenvalue weighted by atomic mass is 10.1. The van der Waals surface area contributed by atoms with Crippen LogP contribution in [0.3, 0.4) is 0 Å². The van der Waals surface area contributed by atoms with Crippen molar-refractivity contribution in [2.24, 2.45) is 7.05 Å². The fourth-order valence-electron chi connectivity index (χ4n) is 2.89. The van der Waals surface area contributed by atoms with E-state index in [1.54, 1.807) is 0 Å². The maximum Gasteiger partial charge on any atom is 0.317 e. The fraction of sp³-hybridized carbons (Fsp3) is 0.444. The summed E-state index contributed by atoms with van der Waals surface area (Å²) in [5.41, 5.74) is 3.54. The van der Waals surface area contributed by atoms with Crippen LogP contribution in [0.2, 0.25) is 0 Å². The van der Waals surface area contributed by atoms with Crippen molar-refractivity contribution in [1.82, 2.24) is 9.47 Å². The van der Waals surface area contributed by atoms with E-state index in [4.69, 9.17) is 9.84 Å². The molecule has 1 aromatic carbocycles. The Morgan fingerprint density at radius 2 is 1.88 bits per heavy atom. The van der Waals surface area contributed by atoms with E-state index in [-0.39, 0.29) is 19.0 Å². The zero-order valence-corrected chi connectivity index (χ0v) is 15.6. The van der Waals surface area contributed by atoms with Gasteiger partial charge in [-0.2, -0.15) is 0 Å². The minimum Gasteiger partial charge on any atom is -0.481 e. The minimum absolute atomic E-state index is 0. The molecule has 0 aliphatic rings. The van der Waals surface area contributed by atoms with Crippen LogP contribution in [0.1, 0.15) is 17.7 Å². The molecule has 6 nitrogen and oxygen atoms in total. The predicted octanol–water partition coefficient (Wildman–Crippen LogP) is 2.26. The molecule has 0 atom stereocenters. The third kappa shape index (κ3) is 5.47. The van der Waals surface area contributed by atoms with Crippen molar-refractivity contribution in [3.05, 3.63) is 35.5 Å². The maximum absolute atomic E-state index is 11.4. The number of carboxylic acids is 1. The number of aryl methyl sites for hydroxylation is 1. The van der Waals surface area contributed by atoms with Gasteiger partial charge < -0.3 is 19.3 Å². The lowest BCUT2D eigenvalue weighted by Crippen LogP contribution is -2.17. The number of para-hydroxylation sites is 1. The second kappa shape index (κ2) is 9.44. The molecule has 0 aliphatic carbocycles. The Hall–Kier alpha value is -2.05. The number of aromatic nitrogens is 1. The average Bonchev–Trinajstić information content (AvgIpc) is 2.77. The largest absolute Gasteiger partial charge is 0.481 e. The zero-order valence-electron chi connectivity index (χ0n) is 14.8.